The van der Waals surface area contributed by atoms with Gasteiger partial charge in [-0.25, -0.2) is 0 Å². The van der Waals surface area contributed by atoms with Gasteiger partial charge in [-0.3, -0.25) is 4.98 Å². The summed E-state index contributed by atoms with van der Waals surface area (Å²) in [5.41, 5.74) is 0. The van der Waals surface area contributed by atoms with Crippen LogP contribution in [0.2, 0.25) is 0 Å². The van der Waals surface area contributed by atoms with E-state index in [1.165, 1.54) is 89.9 Å². The fourth-order valence-electron chi connectivity index (χ4n) is 2.92. The van der Waals surface area contributed by atoms with Crippen LogP contribution in [0, 0.1) is 0 Å². The molecule has 0 atom stereocenters. The molecular formula is C21H37NO. The van der Waals surface area contributed by atoms with Gasteiger partial charge in [0.15, 0.2) is 0 Å². The van der Waals surface area contributed by atoms with Crippen LogP contribution in [-0.4, -0.2) is 11.6 Å². The summed E-state index contributed by atoms with van der Waals surface area (Å²) in [7, 11) is 0. The molecule has 0 fully saturated rings. The highest BCUT2D eigenvalue weighted by atomic mass is 16.5. The van der Waals surface area contributed by atoms with Crippen molar-refractivity contribution in [2.45, 2.75) is 96.8 Å². The molecule has 2 nitrogen and oxygen atoms in total. The Kier molecular flexibility index (Phi) is 13.8. The molecule has 0 spiro atoms. The average molecular weight is 320 g/mol. The molecule has 0 bridgehead atoms. The monoisotopic (exact) mass is 319 g/mol. The minimum Gasteiger partial charge on any atom is -0.493 e. The van der Waals surface area contributed by atoms with E-state index >= 15 is 0 Å². The fraction of sp³-hybridized carbons (Fsp3) is 0.762. The number of hydrogen-bond donors (Lipinski definition) is 0. The topological polar surface area (TPSA) is 22.1 Å². The Bertz CT molecular complexity index is 339. The predicted octanol–water partition coefficient (Wildman–Crippen LogP) is 6.94. The summed E-state index contributed by atoms with van der Waals surface area (Å²) >= 11 is 0. The quantitative estimate of drug-likeness (QED) is 0.308. The molecule has 0 aliphatic carbocycles. The molecule has 0 radical (unpaired) electrons. The molecule has 1 rings (SSSR count). The lowest BCUT2D eigenvalue weighted by Gasteiger charge is -2.05. The summed E-state index contributed by atoms with van der Waals surface area (Å²) in [4.78, 5) is 3.99. The fourth-order valence-corrected chi connectivity index (χ4v) is 2.92. The van der Waals surface area contributed by atoms with Crippen LogP contribution in [0.1, 0.15) is 96.8 Å². The molecule has 0 unspecified atom stereocenters. The standard InChI is InChI=1S/C21H37NO/c1-2-3-4-5-6-7-8-9-10-11-12-13-14-15-20-23-21-16-18-22-19-17-21/h16-19H,2-15,20H2,1H3. The van der Waals surface area contributed by atoms with Crippen molar-refractivity contribution in [2.24, 2.45) is 0 Å². The van der Waals surface area contributed by atoms with Gasteiger partial charge in [0.25, 0.3) is 0 Å². The van der Waals surface area contributed by atoms with Crippen molar-refractivity contribution in [1.82, 2.24) is 4.98 Å². The first-order chi connectivity index (χ1) is 11.4. The Balaban J connectivity index is 1.72. The van der Waals surface area contributed by atoms with Gasteiger partial charge in [-0.15, -0.1) is 0 Å². The second kappa shape index (κ2) is 15.8. The van der Waals surface area contributed by atoms with Gasteiger partial charge >= 0.3 is 0 Å². The SMILES string of the molecule is CCCCCCCCCCCCCCCCOc1ccncc1. The maximum atomic E-state index is 5.67. The van der Waals surface area contributed by atoms with Gasteiger partial charge in [0.05, 0.1) is 6.61 Å². The molecule has 0 aliphatic heterocycles. The Morgan fingerprint density at radius 3 is 1.57 bits per heavy atom. The van der Waals surface area contributed by atoms with Crippen LogP contribution in [0.25, 0.3) is 0 Å². The van der Waals surface area contributed by atoms with Crippen LogP contribution >= 0.6 is 0 Å². The van der Waals surface area contributed by atoms with Gasteiger partial charge < -0.3 is 4.74 Å². The molecule has 0 amide bonds. The molecule has 0 saturated carbocycles. The highest BCUT2D eigenvalue weighted by molar-refractivity contribution is 5.16. The lowest BCUT2D eigenvalue weighted by Crippen LogP contribution is -1.97. The zero-order valence-electron chi connectivity index (χ0n) is 15.3. The Labute approximate surface area is 144 Å². The predicted molar refractivity (Wildman–Crippen MR) is 100 cm³/mol. The molecular weight excluding hydrogens is 282 g/mol. The number of ether oxygens (including phenoxy) is 1. The normalized spacial score (nSPS) is 10.8. The van der Waals surface area contributed by atoms with Gasteiger partial charge in [0.1, 0.15) is 5.75 Å². The number of unbranched alkanes of at least 4 members (excludes halogenated alkanes) is 13. The minimum atomic E-state index is 0.835. The molecule has 0 N–H and O–H groups in total. The number of pyridine rings is 1. The number of hydrogen-bond acceptors (Lipinski definition) is 2. The van der Waals surface area contributed by atoms with Gasteiger partial charge in [-0.1, -0.05) is 90.4 Å². The van der Waals surface area contributed by atoms with Crippen LogP contribution in [0.4, 0.5) is 0 Å². The Morgan fingerprint density at radius 2 is 1.09 bits per heavy atom. The molecule has 0 aromatic carbocycles. The Morgan fingerprint density at radius 1 is 0.652 bits per heavy atom. The average Bonchev–Trinajstić information content (AvgIpc) is 2.59. The maximum Gasteiger partial charge on any atom is 0.122 e. The summed E-state index contributed by atoms with van der Waals surface area (Å²) in [6.07, 6.45) is 23.1. The molecule has 0 saturated heterocycles. The van der Waals surface area contributed by atoms with E-state index < -0.39 is 0 Å². The zero-order chi connectivity index (χ0) is 16.4. The van der Waals surface area contributed by atoms with Crippen molar-refractivity contribution in [2.75, 3.05) is 6.61 Å². The van der Waals surface area contributed by atoms with E-state index in [9.17, 15) is 0 Å². The van der Waals surface area contributed by atoms with E-state index in [0.29, 0.717) is 0 Å². The number of aromatic nitrogens is 1. The molecule has 23 heavy (non-hydrogen) atoms. The molecule has 1 heterocycles. The minimum absolute atomic E-state index is 0.835. The summed E-state index contributed by atoms with van der Waals surface area (Å²) in [5.74, 6) is 0.940. The maximum absolute atomic E-state index is 5.67. The molecule has 2 heteroatoms. The van der Waals surface area contributed by atoms with E-state index in [2.05, 4.69) is 11.9 Å². The van der Waals surface area contributed by atoms with Crippen LogP contribution in [0.5, 0.6) is 5.75 Å². The van der Waals surface area contributed by atoms with Crippen molar-refractivity contribution < 1.29 is 4.74 Å². The van der Waals surface area contributed by atoms with Crippen molar-refractivity contribution >= 4 is 0 Å². The molecule has 0 aliphatic rings. The third-order valence-corrected chi connectivity index (χ3v) is 4.42. The molecule has 1 aromatic rings. The van der Waals surface area contributed by atoms with E-state index in [1.54, 1.807) is 12.4 Å². The van der Waals surface area contributed by atoms with Crippen LogP contribution < -0.4 is 4.74 Å². The van der Waals surface area contributed by atoms with E-state index in [0.717, 1.165) is 12.4 Å². The molecule has 132 valence electrons. The highest BCUT2D eigenvalue weighted by Gasteiger charge is 1.95. The van der Waals surface area contributed by atoms with Crippen molar-refractivity contribution in [3.8, 4) is 5.75 Å². The smallest absolute Gasteiger partial charge is 0.122 e. The summed E-state index contributed by atoms with van der Waals surface area (Å²) < 4.78 is 5.67. The van der Waals surface area contributed by atoms with Crippen molar-refractivity contribution in [3.05, 3.63) is 24.5 Å². The molecule has 1 aromatic heterocycles. The largest absolute Gasteiger partial charge is 0.493 e. The summed E-state index contributed by atoms with van der Waals surface area (Å²) in [6, 6.07) is 3.84. The van der Waals surface area contributed by atoms with Gasteiger partial charge in [-0.05, 0) is 18.6 Å². The first-order valence-electron chi connectivity index (χ1n) is 9.96. The number of nitrogens with zero attached hydrogens (tertiary/aromatic N) is 1. The zero-order valence-corrected chi connectivity index (χ0v) is 15.3. The number of rotatable bonds is 16. The lowest BCUT2D eigenvalue weighted by atomic mass is 10.0. The summed E-state index contributed by atoms with van der Waals surface area (Å²) in [6.45, 7) is 3.12. The third kappa shape index (κ3) is 13.1. The van der Waals surface area contributed by atoms with Crippen molar-refractivity contribution in [1.29, 1.82) is 0 Å². The van der Waals surface area contributed by atoms with E-state index in [4.69, 9.17) is 4.74 Å². The van der Waals surface area contributed by atoms with E-state index in [1.807, 2.05) is 12.1 Å². The second-order valence-electron chi connectivity index (χ2n) is 6.63. The van der Waals surface area contributed by atoms with Gasteiger partial charge in [-0.2, -0.15) is 0 Å². The van der Waals surface area contributed by atoms with Gasteiger partial charge in [0.2, 0.25) is 0 Å². The first-order valence-corrected chi connectivity index (χ1v) is 9.96. The second-order valence-corrected chi connectivity index (χ2v) is 6.63. The Hall–Kier alpha value is -1.05. The van der Waals surface area contributed by atoms with E-state index in [-0.39, 0.29) is 0 Å². The van der Waals surface area contributed by atoms with Crippen LogP contribution in [0.15, 0.2) is 24.5 Å². The van der Waals surface area contributed by atoms with Crippen molar-refractivity contribution in [3.63, 3.8) is 0 Å². The van der Waals surface area contributed by atoms with Crippen LogP contribution in [0.3, 0.4) is 0 Å². The first kappa shape index (κ1) is 20.0. The highest BCUT2D eigenvalue weighted by Crippen LogP contribution is 2.13. The van der Waals surface area contributed by atoms with Crippen LogP contribution in [-0.2, 0) is 0 Å². The lowest BCUT2D eigenvalue weighted by molar-refractivity contribution is 0.304. The third-order valence-electron chi connectivity index (χ3n) is 4.42. The van der Waals surface area contributed by atoms with Gasteiger partial charge in [0, 0.05) is 12.4 Å². The summed E-state index contributed by atoms with van der Waals surface area (Å²) in [5, 5.41) is 0.